The lowest BCUT2D eigenvalue weighted by Gasteiger charge is -2.45. The average Bonchev–Trinajstić information content (AvgIpc) is 2.11. The molecule has 0 aromatic carbocycles. The van der Waals surface area contributed by atoms with Gasteiger partial charge < -0.3 is 10.5 Å². The summed E-state index contributed by atoms with van der Waals surface area (Å²) in [4.78, 5) is 0. The van der Waals surface area contributed by atoms with Crippen LogP contribution in [0.15, 0.2) is 0 Å². The summed E-state index contributed by atoms with van der Waals surface area (Å²) >= 11 is 0. The zero-order valence-corrected chi connectivity index (χ0v) is 10.5. The maximum Gasteiger partial charge on any atom is 0.0677 e. The van der Waals surface area contributed by atoms with Crippen LogP contribution in [-0.4, -0.2) is 18.8 Å². The van der Waals surface area contributed by atoms with Gasteiger partial charge in [0.1, 0.15) is 0 Å². The van der Waals surface area contributed by atoms with Crippen LogP contribution in [0, 0.1) is 5.41 Å². The third-order valence-electron chi connectivity index (χ3n) is 3.33. The van der Waals surface area contributed by atoms with E-state index in [0.717, 1.165) is 19.6 Å². The van der Waals surface area contributed by atoms with Crippen LogP contribution in [-0.2, 0) is 4.74 Å². The second kappa shape index (κ2) is 5.72. The van der Waals surface area contributed by atoms with E-state index in [0.29, 0.717) is 5.41 Å². The van der Waals surface area contributed by atoms with Crippen LogP contribution in [0.3, 0.4) is 0 Å². The van der Waals surface area contributed by atoms with E-state index < -0.39 is 0 Å². The quantitative estimate of drug-likeness (QED) is 0.708. The molecule has 1 aliphatic rings. The number of nitrogens with two attached hydrogens (primary N) is 1. The van der Waals surface area contributed by atoms with E-state index in [1.54, 1.807) is 0 Å². The SMILES string of the molecule is CC1(C)CCCOC1(C)C.CCCN. The summed E-state index contributed by atoms with van der Waals surface area (Å²) in [5.41, 5.74) is 5.45. The van der Waals surface area contributed by atoms with Gasteiger partial charge >= 0.3 is 0 Å². The lowest BCUT2D eigenvalue weighted by atomic mass is 9.72. The molecule has 2 N–H and O–H groups in total. The number of rotatable bonds is 1. The summed E-state index contributed by atoms with van der Waals surface area (Å²) < 4.78 is 5.68. The van der Waals surface area contributed by atoms with Gasteiger partial charge in [-0.05, 0) is 45.1 Å². The van der Waals surface area contributed by atoms with Crippen LogP contribution in [0.1, 0.15) is 53.9 Å². The topological polar surface area (TPSA) is 35.2 Å². The molecule has 1 rings (SSSR count). The van der Waals surface area contributed by atoms with Gasteiger partial charge in [-0.3, -0.25) is 0 Å². The highest BCUT2D eigenvalue weighted by molar-refractivity contribution is 4.89. The molecule has 1 fully saturated rings. The van der Waals surface area contributed by atoms with Gasteiger partial charge in [0.05, 0.1) is 5.60 Å². The number of hydrogen-bond acceptors (Lipinski definition) is 2. The standard InChI is InChI=1S/C9H18O.C3H9N/c1-8(2)6-5-7-10-9(8,3)4;1-2-3-4/h5-7H2,1-4H3;2-4H2,1H3. The van der Waals surface area contributed by atoms with E-state index in [1.807, 2.05) is 0 Å². The Morgan fingerprint density at radius 2 is 1.71 bits per heavy atom. The van der Waals surface area contributed by atoms with E-state index in [1.165, 1.54) is 12.8 Å². The molecule has 0 amide bonds. The zero-order chi connectivity index (χ0) is 11.2. The minimum absolute atomic E-state index is 0.0747. The molecular formula is C12H27NO. The fourth-order valence-corrected chi connectivity index (χ4v) is 1.34. The number of hydrogen-bond donors (Lipinski definition) is 1. The van der Waals surface area contributed by atoms with Crippen molar-refractivity contribution in [3.63, 3.8) is 0 Å². The highest BCUT2D eigenvalue weighted by Gasteiger charge is 2.39. The summed E-state index contributed by atoms with van der Waals surface area (Å²) in [5.74, 6) is 0. The van der Waals surface area contributed by atoms with Crippen LogP contribution in [0.25, 0.3) is 0 Å². The van der Waals surface area contributed by atoms with Gasteiger partial charge in [0.2, 0.25) is 0 Å². The Morgan fingerprint density at radius 1 is 1.21 bits per heavy atom. The molecule has 1 aliphatic heterocycles. The van der Waals surface area contributed by atoms with E-state index in [4.69, 9.17) is 10.5 Å². The molecule has 0 aromatic heterocycles. The van der Waals surface area contributed by atoms with Crippen LogP contribution in [0.2, 0.25) is 0 Å². The van der Waals surface area contributed by atoms with Gasteiger partial charge in [-0.25, -0.2) is 0 Å². The lowest BCUT2D eigenvalue weighted by Crippen LogP contribution is -2.45. The molecule has 0 spiro atoms. The molecule has 0 saturated carbocycles. The van der Waals surface area contributed by atoms with Crippen LogP contribution in [0.4, 0.5) is 0 Å². The van der Waals surface area contributed by atoms with Crippen LogP contribution in [0.5, 0.6) is 0 Å². The van der Waals surface area contributed by atoms with Gasteiger partial charge in [0, 0.05) is 6.61 Å². The lowest BCUT2D eigenvalue weighted by molar-refractivity contribution is -0.133. The second-order valence-corrected chi connectivity index (χ2v) is 5.13. The molecule has 0 aliphatic carbocycles. The predicted octanol–water partition coefficient (Wildman–Crippen LogP) is 2.96. The first kappa shape index (κ1) is 13.9. The molecule has 1 saturated heterocycles. The first-order valence-electron chi connectivity index (χ1n) is 5.71. The van der Waals surface area contributed by atoms with Gasteiger partial charge in [0.25, 0.3) is 0 Å². The molecular weight excluding hydrogens is 174 g/mol. The van der Waals surface area contributed by atoms with Crippen molar-refractivity contribution in [2.45, 2.75) is 59.5 Å². The molecule has 0 radical (unpaired) electrons. The van der Waals surface area contributed by atoms with Crippen molar-refractivity contribution in [1.82, 2.24) is 0 Å². The van der Waals surface area contributed by atoms with Crippen LogP contribution >= 0.6 is 0 Å². The highest BCUT2D eigenvalue weighted by atomic mass is 16.5. The summed E-state index contributed by atoms with van der Waals surface area (Å²) in [6, 6.07) is 0. The molecule has 0 aromatic rings. The Labute approximate surface area is 89.2 Å². The fraction of sp³-hybridized carbons (Fsp3) is 1.00. The van der Waals surface area contributed by atoms with E-state index in [2.05, 4.69) is 34.6 Å². The van der Waals surface area contributed by atoms with Crippen LogP contribution < -0.4 is 5.73 Å². The maximum absolute atomic E-state index is 5.68. The molecule has 0 unspecified atom stereocenters. The molecule has 86 valence electrons. The first-order chi connectivity index (χ1) is 6.37. The molecule has 2 heteroatoms. The summed E-state index contributed by atoms with van der Waals surface area (Å²) in [6.07, 6.45) is 3.61. The van der Waals surface area contributed by atoms with Gasteiger partial charge in [-0.15, -0.1) is 0 Å². The van der Waals surface area contributed by atoms with Crippen molar-refractivity contribution in [3.05, 3.63) is 0 Å². The predicted molar refractivity (Wildman–Crippen MR) is 62.4 cm³/mol. The van der Waals surface area contributed by atoms with Gasteiger partial charge in [-0.2, -0.15) is 0 Å². The summed E-state index contributed by atoms with van der Waals surface area (Å²) in [5, 5.41) is 0. The fourth-order valence-electron chi connectivity index (χ4n) is 1.34. The van der Waals surface area contributed by atoms with Crippen molar-refractivity contribution in [1.29, 1.82) is 0 Å². The smallest absolute Gasteiger partial charge is 0.0677 e. The highest BCUT2D eigenvalue weighted by Crippen LogP contribution is 2.41. The Kier molecular flexibility index (Phi) is 5.68. The molecule has 0 bridgehead atoms. The Morgan fingerprint density at radius 3 is 1.93 bits per heavy atom. The second-order valence-electron chi connectivity index (χ2n) is 5.13. The van der Waals surface area contributed by atoms with Crippen molar-refractivity contribution in [2.24, 2.45) is 11.1 Å². The maximum atomic E-state index is 5.68. The van der Waals surface area contributed by atoms with Crippen molar-refractivity contribution in [2.75, 3.05) is 13.2 Å². The van der Waals surface area contributed by atoms with Crippen molar-refractivity contribution in [3.8, 4) is 0 Å². The molecule has 14 heavy (non-hydrogen) atoms. The van der Waals surface area contributed by atoms with Gasteiger partial charge in [0.15, 0.2) is 0 Å². The Hall–Kier alpha value is -0.0800. The molecule has 2 nitrogen and oxygen atoms in total. The number of ether oxygens (including phenoxy) is 1. The Bertz CT molecular complexity index is 134. The van der Waals surface area contributed by atoms with E-state index >= 15 is 0 Å². The monoisotopic (exact) mass is 201 g/mol. The van der Waals surface area contributed by atoms with Gasteiger partial charge in [-0.1, -0.05) is 20.8 Å². The largest absolute Gasteiger partial charge is 0.375 e. The minimum atomic E-state index is 0.0747. The summed E-state index contributed by atoms with van der Waals surface area (Å²) in [6.45, 7) is 12.8. The van der Waals surface area contributed by atoms with Crippen molar-refractivity contribution >= 4 is 0 Å². The normalized spacial score (nSPS) is 23.6. The Balaban J connectivity index is 0.000000364. The molecule has 1 heterocycles. The van der Waals surface area contributed by atoms with E-state index in [9.17, 15) is 0 Å². The zero-order valence-electron chi connectivity index (χ0n) is 10.5. The third-order valence-corrected chi connectivity index (χ3v) is 3.33. The van der Waals surface area contributed by atoms with E-state index in [-0.39, 0.29) is 5.60 Å². The third kappa shape index (κ3) is 3.97. The van der Waals surface area contributed by atoms with Crippen molar-refractivity contribution < 1.29 is 4.74 Å². The summed E-state index contributed by atoms with van der Waals surface area (Å²) in [7, 11) is 0. The minimum Gasteiger partial charge on any atom is -0.375 e. The average molecular weight is 201 g/mol. The molecule has 0 atom stereocenters. The first-order valence-corrected chi connectivity index (χ1v) is 5.71.